The number of hydrogen-bond acceptors (Lipinski definition) is 3. The Hall–Kier alpha value is -2.66. The summed E-state index contributed by atoms with van der Waals surface area (Å²) in [5.41, 5.74) is 2.57. The number of likely N-dealkylation sites (N-methyl/N-ethyl adjacent to an activating group) is 1. The number of carbonyl (C=O) groups excluding carboxylic acids is 1. The van der Waals surface area contributed by atoms with E-state index in [2.05, 4.69) is 4.98 Å². The second-order valence-electron chi connectivity index (χ2n) is 5.79. The molecule has 1 aromatic heterocycles. The lowest BCUT2D eigenvalue weighted by Crippen LogP contribution is -2.34. The van der Waals surface area contributed by atoms with Gasteiger partial charge < -0.3 is 0 Å². The minimum absolute atomic E-state index is 0.0744. The van der Waals surface area contributed by atoms with E-state index in [0.29, 0.717) is 29.8 Å². The first-order valence-electron chi connectivity index (χ1n) is 7.52. The normalized spacial score (nSPS) is 19.2. The van der Waals surface area contributed by atoms with Crippen LogP contribution in [0.3, 0.4) is 0 Å². The van der Waals surface area contributed by atoms with Gasteiger partial charge in [-0.3, -0.25) is 14.7 Å². The molecule has 1 aliphatic rings. The van der Waals surface area contributed by atoms with E-state index in [-0.39, 0.29) is 5.78 Å². The molecule has 1 aromatic carbocycles. The van der Waals surface area contributed by atoms with Gasteiger partial charge in [0.05, 0.1) is 0 Å². The molecule has 0 atom stereocenters. The highest BCUT2D eigenvalue weighted by molar-refractivity contribution is 6.14. The fourth-order valence-electron chi connectivity index (χ4n) is 2.67. The Morgan fingerprint density at radius 3 is 2.21 bits per heavy atom. The number of likely N-dealkylation sites (tertiary alicyclic amines) is 1. The topological polar surface area (TPSA) is 33.2 Å². The van der Waals surface area contributed by atoms with Crippen molar-refractivity contribution < 1.29 is 13.6 Å². The van der Waals surface area contributed by atoms with E-state index in [0.717, 1.165) is 17.7 Å². The van der Waals surface area contributed by atoms with E-state index < -0.39 is 11.6 Å². The van der Waals surface area contributed by atoms with Crippen LogP contribution in [0.25, 0.3) is 12.2 Å². The first-order chi connectivity index (χ1) is 11.5. The maximum Gasteiger partial charge on any atom is 0.187 e. The van der Waals surface area contributed by atoms with Crippen LogP contribution >= 0.6 is 0 Å². The third-order valence-electron chi connectivity index (χ3n) is 3.80. The van der Waals surface area contributed by atoms with E-state index in [9.17, 15) is 13.6 Å². The van der Waals surface area contributed by atoms with Crippen LogP contribution in [0.4, 0.5) is 8.78 Å². The maximum absolute atomic E-state index is 13.4. The van der Waals surface area contributed by atoms with Gasteiger partial charge in [0.1, 0.15) is 0 Å². The molecule has 1 saturated heterocycles. The molecule has 1 aliphatic heterocycles. The van der Waals surface area contributed by atoms with Crippen LogP contribution in [0.2, 0.25) is 0 Å². The molecule has 3 rings (SSSR count). The van der Waals surface area contributed by atoms with Gasteiger partial charge in [-0.25, -0.2) is 8.78 Å². The van der Waals surface area contributed by atoms with Gasteiger partial charge in [0.2, 0.25) is 0 Å². The van der Waals surface area contributed by atoms with Gasteiger partial charge in [0.15, 0.2) is 17.4 Å². The Morgan fingerprint density at radius 1 is 0.958 bits per heavy atom. The predicted molar refractivity (Wildman–Crippen MR) is 89.1 cm³/mol. The number of pyridine rings is 1. The van der Waals surface area contributed by atoms with Crippen LogP contribution in [0.15, 0.2) is 53.9 Å². The lowest BCUT2D eigenvalue weighted by atomic mass is 9.95. The molecule has 0 aliphatic carbocycles. The number of carbonyl (C=O) groups is 1. The van der Waals surface area contributed by atoms with Crippen molar-refractivity contribution in [1.29, 1.82) is 0 Å². The first kappa shape index (κ1) is 16.2. The summed E-state index contributed by atoms with van der Waals surface area (Å²) in [7, 11) is 1.91. The van der Waals surface area contributed by atoms with Crippen LogP contribution in [-0.4, -0.2) is 35.8 Å². The molecule has 5 heteroatoms. The molecule has 0 spiro atoms. The van der Waals surface area contributed by atoms with Crippen LogP contribution in [0, 0.1) is 11.6 Å². The van der Waals surface area contributed by atoms with Gasteiger partial charge in [0, 0.05) is 36.6 Å². The maximum atomic E-state index is 13.4. The number of rotatable bonds is 2. The number of hydrogen-bond donors (Lipinski definition) is 0. The Balaban J connectivity index is 1.93. The molecule has 0 N–H and O–H groups in total. The van der Waals surface area contributed by atoms with Gasteiger partial charge in [-0.1, -0.05) is 6.07 Å². The number of nitrogens with zero attached hydrogens (tertiary/aromatic N) is 2. The Kier molecular flexibility index (Phi) is 4.62. The minimum atomic E-state index is -0.923. The van der Waals surface area contributed by atoms with Crippen molar-refractivity contribution in [3.63, 3.8) is 0 Å². The highest BCUT2D eigenvalue weighted by Crippen LogP contribution is 2.21. The fourth-order valence-corrected chi connectivity index (χ4v) is 2.67. The number of benzene rings is 1. The predicted octanol–water partition coefficient (Wildman–Crippen LogP) is 3.34. The fraction of sp³-hybridized carbons (Fsp3) is 0.158. The molecule has 0 bridgehead atoms. The third kappa shape index (κ3) is 3.63. The van der Waals surface area contributed by atoms with Gasteiger partial charge in [-0.15, -0.1) is 0 Å². The Labute approximate surface area is 138 Å². The van der Waals surface area contributed by atoms with Gasteiger partial charge in [0.25, 0.3) is 0 Å². The van der Waals surface area contributed by atoms with E-state index in [1.165, 1.54) is 6.07 Å². The molecular formula is C19H16F2N2O. The number of piperidine rings is 1. The summed E-state index contributed by atoms with van der Waals surface area (Å²) in [5.74, 6) is -1.90. The van der Waals surface area contributed by atoms with Crippen molar-refractivity contribution in [1.82, 2.24) is 9.88 Å². The van der Waals surface area contributed by atoms with Crippen molar-refractivity contribution in [3.8, 4) is 0 Å². The lowest BCUT2D eigenvalue weighted by Gasteiger charge is -2.26. The molecule has 2 aromatic rings. The molecule has 24 heavy (non-hydrogen) atoms. The summed E-state index contributed by atoms with van der Waals surface area (Å²) in [5, 5.41) is 0. The summed E-state index contributed by atoms with van der Waals surface area (Å²) < 4.78 is 26.4. The molecule has 1 fully saturated rings. The quantitative estimate of drug-likeness (QED) is 0.794. The summed E-state index contributed by atoms with van der Waals surface area (Å²) in [6, 6.07) is 7.27. The van der Waals surface area contributed by atoms with E-state index in [1.54, 1.807) is 18.5 Å². The molecule has 0 saturated carbocycles. The molecule has 122 valence electrons. The second kappa shape index (κ2) is 6.84. The molecule has 3 nitrogen and oxygen atoms in total. The number of halogens is 2. The SMILES string of the molecule is CN1C/C(=C\c2ccncc2)C(=O)/C(=C/c2ccc(F)c(F)c2)C1. The van der Waals surface area contributed by atoms with Crippen molar-refractivity contribution in [2.45, 2.75) is 0 Å². The molecule has 0 amide bonds. The number of Topliss-reactive ketones (excluding diaryl/α,β-unsaturated/α-hetero) is 1. The van der Waals surface area contributed by atoms with Crippen LogP contribution < -0.4 is 0 Å². The average molecular weight is 326 g/mol. The summed E-state index contributed by atoms with van der Waals surface area (Å²) in [6.45, 7) is 1.00. The van der Waals surface area contributed by atoms with Crippen molar-refractivity contribution >= 4 is 17.9 Å². The zero-order valence-corrected chi connectivity index (χ0v) is 13.2. The Morgan fingerprint density at radius 2 is 1.58 bits per heavy atom. The zero-order chi connectivity index (χ0) is 17.1. The summed E-state index contributed by atoms with van der Waals surface area (Å²) in [4.78, 5) is 18.6. The molecule has 2 heterocycles. The van der Waals surface area contributed by atoms with Gasteiger partial charge in [-0.2, -0.15) is 0 Å². The van der Waals surface area contributed by atoms with Crippen LogP contribution in [0.5, 0.6) is 0 Å². The summed E-state index contributed by atoms with van der Waals surface area (Å²) >= 11 is 0. The third-order valence-corrected chi connectivity index (χ3v) is 3.80. The number of ketones is 1. The largest absolute Gasteiger partial charge is 0.298 e. The second-order valence-corrected chi connectivity index (χ2v) is 5.79. The monoisotopic (exact) mass is 326 g/mol. The van der Waals surface area contributed by atoms with Crippen LogP contribution in [-0.2, 0) is 4.79 Å². The molecule has 0 radical (unpaired) electrons. The van der Waals surface area contributed by atoms with E-state index in [1.807, 2.05) is 30.2 Å². The first-order valence-corrected chi connectivity index (χ1v) is 7.52. The molecule has 0 unspecified atom stereocenters. The van der Waals surface area contributed by atoms with Gasteiger partial charge in [-0.05, 0) is 54.6 Å². The minimum Gasteiger partial charge on any atom is -0.298 e. The highest BCUT2D eigenvalue weighted by atomic mass is 19.2. The van der Waals surface area contributed by atoms with E-state index >= 15 is 0 Å². The van der Waals surface area contributed by atoms with Crippen molar-refractivity contribution in [2.75, 3.05) is 20.1 Å². The smallest absolute Gasteiger partial charge is 0.187 e. The summed E-state index contributed by atoms with van der Waals surface area (Å²) in [6.07, 6.45) is 6.78. The standard InChI is InChI=1S/C19H16F2N2O/c1-23-11-15(8-13-4-6-22-7-5-13)19(24)16(12-23)9-14-2-3-17(20)18(21)10-14/h2-10H,11-12H2,1H3/b15-8+,16-9+. The Bertz CT molecular complexity index is 829. The lowest BCUT2D eigenvalue weighted by molar-refractivity contribution is -0.113. The van der Waals surface area contributed by atoms with Gasteiger partial charge >= 0.3 is 0 Å². The average Bonchev–Trinajstić information content (AvgIpc) is 2.56. The van der Waals surface area contributed by atoms with Crippen molar-refractivity contribution in [2.24, 2.45) is 0 Å². The zero-order valence-electron chi connectivity index (χ0n) is 13.2. The number of aromatic nitrogens is 1. The van der Waals surface area contributed by atoms with E-state index in [4.69, 9.17) is 0 Å². The highest BCUT2D eigenvalue weighted by Gasteiger charge is 2.23. The van der Waals surface area contributed by atoms with Crippen LogP contribution in [0.1, 0.15) is 11.1 Å². The van der Waals surface area contributed by atoms with Crippen molar-refractivity contribution in [3.05, 3.63) is 76.6 Å². The molecular weight excluding hydrogens is 310 g/mol.